The van der Waals surface area contributed by atoms with Crippen LogP contribution in [0, 0.1) is 0 Å². The molecule has 0 bridgehead atoms. The Morgan fingerprint density at radius 3 is 2.45 bits per heavy atom. The molecule has 2 atom stereocenters. The smallest absolute Gasteiger partial charge is 0.327 e. The summed E-state index contributed by atoms with van der Waals surface area (Å²) < 4.78 is 38.0. The van der Waals surface area contributed by atoms with Gasteiger partial charge in [-0.2, -0.15) is 13.2 Å². The molecular formula is C15H13F3N2. The second-order valence-electron chi connectivity index (χ2n) is 5.06. The standard InChI is InChI=1S/C15H13F3N2/c16-15(17,18)11-3-1-2-9(6-11)14-5-4-10(8-20-14)12-7-13(12)19/h1-6,8,12-13H,7,19H2/t12-,13+/m1/s1. The quantitative estimate of drug-likeness (QED) is 0.911. The Balaban J connectivity index is 1.89. The maximum Gasteiger partial charge on any atom is 0.416 e. The number of nitrogens with two attached hydrogens (primary N) is 1. The first-order valence-corrected chi connectivity index (χ1v) is 6.34. The van der Waals surface area contributed by atoms with Crippen LogP contribution in [-0.4, -0.2) is 11.0 Å². The minimum Gasteiger partial charge on any atom is -0.327 e. The van der Waals surface area contributed by atoms with Crippen LogP contribution in [0.4, 0.5) is 13.2 Å². The second kappa shape index (κ2) is 4.59. The van der Waals surface area contributed by atoms with Gasteiger partial charge in [-0.1, -0.05) is 18.2 Å². The van der Waals surface area contributed by atoms with Crippen LogP contribution in [0.25, 0.3) is 11.3 Å². The van der Waals surface area contributed by atoms with E-state index in [2.05, 4.69) is 4.98 Å². The van der Waals surface area contributed by atoms with E-state index in [1.54, 1.807) is 18.3 Å². The third-order valence-corrected chi connectivity index (χ3v) is 3.54. The first-order chi connectivity index (χ1) is 9.45. The summed E-state index contributed by atoms with van der Waals surface area (Å²) in [6.07, 6.45) is -1.69. The number of benzene rings is 1. The van der Waals surface area contributed by atoms with Crippen LogP contribution in [-0.2, 0) is 6.18 Å². The lowest BCUT2D eigenvalue weighted by molar-refractivity contribution is -0.137. The highest BCUT2D eigenvalue weighted by Crippen LogP contribution is 2.39. The SMILES string of the molecule is N[C@H]1C[C@@H]1c1ccc(-c2cccc(C(F)(F)F)c2)nc1. The van der Waals surface area contributed by atoms with E-state index in [0.717, 1.165) is 24.1 Å². The average Bonchev–Trinajstić information content (AvgIpc) is 3.15. The van der Waals surface area contributed by atoms with Gasteiger partial charge in [0.05, 0.1) is 11.3 Å². The number of pyridine rings is 1. The molecule has 5 heteroatoms. The van der Waals surface area contributed by atoms with Crippen molar-refractivity contribution in [2.45, 2.75) is 24.6 Å². The Morgan fingerprint density at radius 2 is 1.90 bits per heavy atom. The summed E-state index contributed by atoms with van der Waals surface area (Å²) >= 11 is 0. The van der Waals surface area contributed by atoms with Crippen LogP contribution in [0.5, 0.6) is 0 Å². The zero-order chi connectivity index (χ0) is 14.3. The predicted molar refractivity (Wildman–Crippen MR) is 70.0 cm³/mol. The number of nitrogens with zero attached hydrogens (tertiary/aromatic N) is 1. The van der Waals surface area contributed by atoms with Crippen molar-refractivity contribution in [3.63, 3.8) is 0 Å². The third kappa shape index (κ3) is 2.54. The van der Waals surface area contributed by atoms with Gasteiger partial charge in [0.15, 0.2) is 0 Å². The van der Waals surface area contributed by atoms with Crippen LogP contribution >= 0.6 is 0 Å². The monoisotopic (exact) mass is 278 g/mol. The fourth-order valence-electron chi connectivity index (χ4n) is 2.25. The van der Waals surface area contributed by atoms with Crippen LogP contribution < -0.4 is 5.73 Å². The molecule has 0 amide bonds. The fraction of sp³-hybridized carbons (Fsp3) is 0.267. The molecule has 2 aromatic rings. The number of aromatic nitrogens is 1. The topological polar surface area (TPSA) is 38.9 Å². The molecule has 1 aromatic heterocycles. The minimum atomic E-state index is -4.34. The predicted octanol–water partition coefficient (Wildman–Crippen LogP) is 3.58. The lowest BCUT2D eigenvalue weighted by atomic mass is 10.1. The van der Waals surface area contributed by atoms with E-state index in [1.165, 1.54) is 6.07 Å². The van der Waals surface area contributed by atoms with Gasteiger partial charge in [0.25, 0.3) is 0 Å². The molecule has 1 fully saturated rings. The lowest BCUT2D eigenvalue weighted by Gasteiger charge is -2.08. The highest BCUT2D eigenvalue weighted by Gasteiger charge is 2.35. The molecule has 0 saturated heterocycles. The normalized spacial score (nSPS) is 21.8. The summed E-state index contributed by atoms with van der Waals surface area (Å²) in [5, 5.41) is 0. The van der Waals surface area contributed by atoms with Gasteiger partial charge in [0.1, 0.15) is 0 Å². The Kier molecular flexibility index (Phi) is 3.01. The molecule has 1 aliphatic rings. The van der Waals surface area contributed by atoms with E-state index in [4.69, 9.17) is 5.73 Å². The Hall–Kier alpha value is -1.88. The second-order valence-corrected chi connectivity index (χ2v) is 5.06. The molecular weight excluding hydrogens is 265 g/mol. The van der Waals surface area contributed by atoms with Crippen LogP contribution in [0.2, 0.25) is 0 Å². The van der Waals surface area contributed by atoms with Crippen molar-refractivity contribution < 1.29 is 13.2 Å². The maximum atomic E-state index is 12.7. The van der Waals surface area contributed by atoms with E-state index in [-0.39, 0.29) is 6.04 Å². The van der Waals surface area contributed by atoms with Crippen molar-refractivity contribution in [3.05, 3.63) is 53.7 Å². The first-order valence-electron chi connectivity index (χ1n) is 6.34. The molecule has 1 saturated carbocycles. The molecule has 1 aliphatic carbocycles. The van der Waals surface area contributed by atoms with Crippen molar-refractivity contribution in [2.75, 3.05) is 0 Å². The van der Waals surface area contributed by atoms with Gasteiger partial charge in [-0.15, -0.1) is 0 Å². The van der Waals surface area contributed by atoms with Gasteiger partial charge in [0, 0.05) is 23.7 Å². The maximum absolute atomic E-state index is 12.7. The number of hydrogen-bond donors (Lipinski definition) is 1. The summed E-state index contributed by atoms with van der Waals surface area (Å²) in [6.45, 7) is 0. The largest absolute Gasteiger partial charge is 0.416 e. The number of rotatable bonds is 2. The summed E-state index contributed by atoms with van der Waals surface area (Å²) in [7, 11) is 0. The summed E-state index contributed by atoms with van der Waals surface area (Å²) in [5.41, 5.74) is 7.15. The molecule has 104 valence electrons. The van der Waals surface area contributed by atoms with Crippen molar-refractivity contribution in [1.29, 1.82) is 0 Å². The third-order valence-electron chi connectivity index (χ3n) is 3.54. The molecule has 20 heavy (non-hydrogen) atoms. The van der Waals surface area contributed by atoms with Gasteiger partial charge >= 0.3 is 6.18 Å². The van der Waals surface area contributed by atoms with Gasteiger partial charge in [0.2, 0.25) is 0 Å². The first kappa shape index (κ1) is 13.1. The average molecular weight is 278 g/mol. The van der Waals surface area contributed by atoms with Crippen molar-refractivity contribution in [3.8, 4) is 11.3 Å². The molecule has 2 nitrogen and oxygen atoms in total. The molecule has 0 radical (unpaired) electrons. The van der Waals surface area contributed by atoms with Crippen molar-refractivity contribution in [2.24, 2.45) is 5.73 Å². The molecule has 0 spiro atoms. The zero-order valence-corrected chi connectivity index (χ0v) is 10.6. The van der Waals surface area contributed by atoms with E-state index in [9.17, 15) is 13.2 Å². The number of alkyl halides is 3. The summed E-state index contributed by atoms with van der Waals surface area (Å²) in [4.78, 5) is 4.24. The van der Waals surface area contributed by atoms with E-state index in [1.807, 2.05) is 6.07 Å². The van der Waals surface area contributed by atoms with Gasteiger partial charge in [-0.05, 0) is 30.2 Å². The highest BCUT2D eigenvalue weighted by atomic mass is 19.4. The molecule has 3 rings (SSSR count). The molecule has 1 heterocycles. The zero-order valence-electron chi connectivity index (χ0n) is 10.6. The molecule has 0 aliphatic heterocycles. The molecule has 0 unspecified atom stereocenters. The van der Waals surface area contributed by atoms with Crippen molar-refractivity contribution >= 4 is 0 Å². The Labute approximate surface area is 114 Å². The van der Waals surface area contributed by atoms with Crippen LogP contribution in [0.15, 0.2) is 42.6 Å². The molecule has 1 aromatic carbocycles. The summed E-state index contributed by atoms with van der Waals surface area (Å²) in [5.74, 6) is 0.345. The minimum absolute atomic E-state index is 0.191. The molecule has 2 N–H and O–H groups in total. The van der Waals surface area contributed by atoms with E-state index < -0.39 is 11.7 Å². The van der Waals surface area contributed by atoms with E-state index >= 15 is 0 Å². The van der Waals surface area contributed by atoms with Gasteiger partial charge < -0.3 is 5.73 Å². The highest BCUT2D eigenvalue weighted by molar-refractivity contribution is 5.60. The van der Waals surface area contributed by atoms with Crippen molar-refractivity contribution in [1.82, 2.24) is 4.98 Å². The Bertz CT molecular complexity index is 620. The lowest BCUT2D eigenvalue weighted by Crippen LogP contribution is -2.04. The Morgan fingerprint density at radius 1 is 1.15 bits per heavy atom. The van der Waals surface area contributed by atoms with E-state index in [0.29, 0.717) is 17.2 Å². The number of hydrogen-bond acceptors (Lipinski definition) is 2. The fourth-order valence-corrected chi connectivity index (χ4v) is 2.25. The van der Waals surface area contributed by atoms with Gasteiger partial charge in [-0.25, -0.2) is 0 Å². The van der Waals surface area contributed by atoms with Crippen LogP contribution in [0.1, 0.15) is 23.5 Å². The van der Waals surface area contributed by atoms with Gasteiger partial charge in [-0.3, -0.25) is 4.98 Å². The van der Waals surface area contributed by atoms with Crippen LogP contribution in [0.3, 0.4) is 0 Å². The summed E-state index contributed by atoms with van der Waals surface area (Å²) in [6, 6.07) is 9.02. The number of halogens is 3.